The minimum atomic E-state index is -1.02. The molecule has 1 aromatic carbocycles. The van der Waals surface area contributed by atoms with Crippen LogP contribution < -0.4 is 4.90 Å². The molecule has 0 aliphatic rings. The second kappa shape index (κ2) is 4.65. The summed E-state index contributed by atoms with van der Waals surface area (Å²) < 4.78 is 0. The summed E-state index contributed by atoms with van der Waals surface area (Å²) in [6.45, 7) is 0. The van der Waals surface area contributed by atoms with Crippen molar-refractivity contribution in [1.82, 2.24) is 4.98 Å². The van der Waals surface area contributed by atoms with Crippen molar-refractivity contribution in [3.8, 4) is 0 Å². The quantitative estimate of drug-likeness (QED) is 0.877. The topological polar surface area (TPSA) is 53.4 Å². The molecule has 4 heteroatoms. The van der Waals surface area contributed by atoms with E-state index in [0.717, 1.165) is 11.4 Å². The van der Waals surface area contributed by atoms with Crippen LogP contribution in [0.2, 0.25) is 0 Å². The summed E-state index contributed by atoms with van der Waals surface area (Å²) in [6, 6.07) is 13.1. The Kier molecular flexibility index (Phi) is 3.05. The van der Waals surface area contributed by atoms with Crippen molar-refractivity contribution >= 4 is 17.3 Å². The van der Waals surface area contributed by atoms with E-state index in [0.29, 0.717) is 0 Å². The smallest absolute Gasteiger partial charge is 0.354 e. The SMILES string of the molecule is CN(c1ccccc1)c1ccnc(C(=O)O)c1. The molecule has 0 unspecified atom stereocenters. The average Bonchev–Trinajstić information content (AvgIpc) is 2.39. The van der Waals surface area contributed by atoms with Gasteiger partial charge in [0.1, 0.15) is 5.69 Å². The molecule has 86 valence electrons. The van der Waals surface area contributed by atoms with E-state index >= 15 is 0 Å². The second-order valence-electron chi connectivity index (χ2n) is 3.60. The van der Waals surface area contributed by atoms with Crippen LogP contribution >= 0.6 is 0 Å². The fourth-order valence-corrected chi connectivity index (χ4v) is 1.55. The summed E-state index contributed by atoms with van der Waals surface area (Å²) in [5, 5.41) is 8.88. The molecule has 2 aromatic rings. The summed E-state index contributed by atoms with van der Waals surface area (Å²) in [5.41, 5.74) is 1.84. The molecular weight excluding hydrogens is 216 g/mol. The maximum absolute atomic E-state index is 10.8. The molecule has 0 aliphatic heterocycles. The number of benzene rings is 1. The van der Waals surface area contributed by atoms with Gasteiger partial charge in [-0.1, -0.05) is 18.2 Å². The van der Waals surface area contributed by atoms with Crippen molar-refractivity contribution in [2.45, 2.75) is 0 Å². The van der Waals surface area contributed by atoms with Crippen LogP contribution in [0.3, 0.4) is 0 Å². The van der Waals surface area contributed by atoms with Crippen LogP contribution in [0.15, 0.2) is 48.7 Å². The molecule has 0 aliphatic carbocycles. The molecule has 0 amide bonds. The molecule has 1 aromatic heterocycles. The molecule has 0 atom stereocenters. The van der Waals surface area contributed by atoms with E-state index in [1.54, 1.807) is 12.1 Å². The van der Waals surface area contributed by atoms with Gasteiger partial charge in [-0.2, -0.15) is 0 Å². The van der Waals surface area contributed by atoms with Crippen molar-refractivity contribution in [3.05, 3.63) is 54.4 Å². The molecule has 0 spiro atoms. The van der Waals surface area contributed by atoms with Crippen molar-refractivity contribution in [3.63, 3.8) is 0 Å². The first-order valence-corrected chi connectivity index (χ1v) is 5.16. The number of para-hydroxylation sites is 1. The second-order valence-corrected chi connectivity index (χ2v) is 3.60. The van der Waals surface area contributed by atoms with Gasteiger partial charge in [-0.05, 0) is 24.3 Å². The number of anilines is 2. The first-order chi connectivity index (χ1) is 8.18. The van der Waals surface area contributed by atoms with Gasteiger partial charge in [-0.15, -0.1) is 0 Å². The minimum absolute atomic E-state index is 0.0466. The van der Waals surface area contributed by atoms with Gasteiger partial charge in [0.2, 0.25) is 0 Å². The van der Waals surface area contributed by atoms with Crippen LogP contribution in [-0.2, 0) is 0 Å². The molecule has 0 fully saturated rings. The number of carboxylic acids is 1. The summed E-state index contributed by atoms with van der Waals surface area (Å²) in [6.07, 6.45) is 1.50. The van der Waals surface area contributed by atoms with Crippen molar-refractivity contribution in [2.75, 3.05) is 11.9 Å². The van der Waals surface area contributed by atoms with Crippen molar-refractivity contribution in [2.24, 2.45) is 0 Å². The summed E-state index contributed by atoms with van der Waals surface area (Å²) in [4.78, 5) is 16.5. The molecule has 4 nitrogen and oxygen atoms in total. The third-order valence-corrected chi connectivity index (χ3v) is 2.49. The van der Waals surface area contributed by atoms with E-state index < -0.39 is 5.97 Å². The summed E-state index contributed by atoms with van der Waals surface area (Å²) in [7, 11) is 1.89. The highest BCUT2D eigenvalue weighted by atomic mass is 16.4. The van der Waals surface area contributed by atoms with E-state index in [1.165, 1.54) is 6.20 Å². The van der Waals surface area contributed by atoms with Crippen LogP contribution in [0, 0.1) is 0 Å². The van der Waals surface area contributed by atoms with Crippen LogP contribution in [0.25, 0.3) is 0 Å². The van der Waals surface area contributed by atoms with Crippen LogP contribution in [0.4, 0.5) is 11.4 Å². The van der Waals surface area contributed by atoms with Gasteiger partial charge in [0.25, 0.3) is 0 Å². The third-order valence-electron chi connectivity index (χ3n) is 2.49. The lowest BCUT2D eigenvalue weighted by Gasteiger charge is -2.19. The number of hydrogen-bond donors (Lipinski definition) is 1. The molecule has 0 saturated carbocycles. The molecule has 17 heavy (non-hydrogen) atoms. The predicted octanol–water partition coefficient (Wildman–Crippen LogP) is 2.55. The maximum atomic E-state index is 10.8. The molecule has 1 N–H and O–H groups in total. The Morgan fingerprint density at radius 3 is 2.53 bits per heavy atom. The third kappa shape index (κ3) is 2.42. The fraction of sp³-hybridized carbons (Fsp3) is 0.0769. The van der Waals surface area contributed by atoms with Crippen molar-refractivity contribution < 1.29 is 9.90 Å². The van der Waals surface area contributed by atoms with Crippen LogP contribution in [0.1, 0.15) is 10.5 Å². The number of hydrogen-bond acceptors (Lipinski definition) is 3. The predicted molar refractivity (Wildman–Crippen MR) is 65.7 cm³/mol. The van der Waals surface area contributed by atoms with Crippen molar-refractivity contribution in [1.29, 1.82) is 0 Å². The van der Waals surface area contributed by atoms with Gasteiger partial charge in [0, 0.05) is 24.6 Å². The van der Waals surface area contributed by atoms with Gasteiger partial charge in [0.15, 0.2) is 0 Å². The lowest BCUT2D eigenvalue weighted by molar-refractivity contribution is 0.0690. The van der Waals surface area contributed by atoms with Gasteiger partial charge >= 0.3 is 5.97 Å². The maximum Gasteiger partial charge on any atom is 0.354 e. The largest absolute Gasteiger partial charge is 0.477 e. The van der Waals surface area contributed by atoms with Gasteiger partial charge in [0.05, 0.1) is 0 Å². The zero-order valence-corrected chi connectivity index (χ0v) is 9.37. The Labute approximate surface area is 99.2 Å². The molecule has 0 bridgehead atoms. The average molecular weight is 228 g/mol. The number of carbonyl (C=O) groups is 1. The number of carboxylic acid groups (broad SMARTS) is 1. The Hall–Kier alpha value is -2.36. The Morgan fingerprint density at radius 1 is 1.18 bits per heavy atom. The highest BCUT2D eigenvalue weighted by Crippen LogP contribution is 2.22. The fourth-order valence-electron chi connectivity index (χ4n) is 1.55. The number of pyridine rings is 1. The minimum Gasteiger partial charge on any atom is -0.477 e. The number of aromatic nitrogens is 1. The van der Waals surface area contributed by atoms with Gasteiger partial charge < -0.3 is 10.0 Å². The number of aromatic carboxylic acids is 1. The molecule has 1 heterocycles. The van der Waals surface area contributed by atoms with E-state index in [9.17, 15) is 4.79 Å². The molecule has 0 saturated heterocycles. The first kappa shape index (κ1) is 11.1. The molecule has 0 radical (unpaired) electrons. The highest BCUT2D eigenvalue weighted by molar-refractivity contribution is 5.86. The van der Waals surface area contributed by atoms with E-state index in [2.05, 4.69) is 4.98 Å². The zero-order valence-electron chi connectivity index (χ0n) is 9.37. The monoisotopic (exact) mass is 228 g/mol. The summed E-state index contributed by atoms with van der Waals surface area (Å²) in [5.74, 6) is -1.02. The number of nitrogens with zero attached hydrogens (tertiary/aromatic N) is 2. The van der Waals surface area contributed by atoms with E-state index in [-0.39, 0.29) is 5.69 Å². The molecular formula is C13H12N2O2. The highest BCUT2D eigenvalue weighted by Gasteiger charge is 2.08. The summed E-state index contributed by atoms with van der Waals surface area (Å²) >= 11 is 0. The first-order valence-electron chi connectivity index (χ1n) is 5.16. The Balaban J connectivity index is 2.34. The molecule has 2 rings (SSSR count). The van der Waals surface area contributed by atoms with E-state index in [4.69, 9.17) is 5.11 Å². The van der Waals surface area contributed by atoms with Crippen LogP contribution in [-0.4, -0.2) is 23.1 Å². The lowest BCUT2D eigenvalue weighted by Crippen LogP contribution is -2.11. The zero-order chi connectivity index (χ0) is 12.3. The van der Waals surface area contributed by atoms with Gasteiger partial charge in [-0.3, -0.25) is 0 Å². The normalized spacial score (nSPS) is 9.94. The van der Waals surface area contributed by atoms with Gasteiger partial charge in [-0.25, -0.2) is 9.78 Å². The lowest BCUT2D eigenvalue weighted by atomic mass is 10.2. The number of rotatable bonds is 3. The van der Waals surface area contributed by atoms with E-state index in [1.807, 2.05) is 42.3 Å². The Bertz CT molecular complexity index is 526. The standard InChI is InChI=1S/C13H12N2O2/c1-15(10-5-3-2-4-6-10)11-7-8-14-12(9-11)13(16)17/h2-9H,1H3,(H,16,17). The van der Waals surface area contributed by atoms with Crippen LogP contribution in [0.5, 0.6) is 0 Å². The Morgan fingerprint density at radius 2 is 1.88 bits per heavy atom.